The van der Waals surface area contributed by atoms with Gasteiger partial charge in [0.15, 0.2) is 0 Å². The highest BCUT2D eigenvalue weighted by Crippen LogP contribution is 2.06. The summed E-state index contributed by atoms with van der Waals surface area (Å²) in [5, 5.41) is 0. The average molecular weight is 252 g/mol. The number of rotatable bonds is 5. The molecule has 0 amide bonds. The lowest BCUT2D eigenvalue weighted by Crippen LogP contribution is -2.22. The average Bonchev–Trinajstić information content (AvgIpc) is 2.33. The van der Waals surface area contributed by atoms with E-state index in [1.54, 1.807) is 18.3 Å². The molecule has 1 aromatic rings. The maximum absolute atomic E-state index is 11.6. The number of hydrogen-bond donors (Lipinski definition) is 1. The number of nitrogens with two attached hydrogens (primary N) is 1. The minimum absolute atomic E-state index is 0.219. The smallest absolute Gasteiger partial charge is 0.356 e. The number of carbonyl (C=O) groups is 1. The largest absolute Gasteiger partial charge is 0.459 e. The van der Waals surface area contributed by atoms with E-state index < -0.39 is 5.97 Å². The van der Waals surface area contributed by atoms with Gasteiger partial charge in [-0.15, -0.1) is 0 Å². The highest BCUT2D eigenvalue weighted by Gasteiger charge is 2.11. The van der Waals surface area contributed by atoms with Gasteiger partial charge in [-0.25, -0.2) is 9.78 Å². The molecule has 0 saturated carbocycles. The first-order valence-electron chi connectivity index (χ1n) is 5.88. The van der Waals surface area contributed by atoms with Crippen molar-refractivity contribution in [2.45, 2.75) is 32.9 Å². The number of carbonyl (C=O) groups excluding carboxylic acids is 1. The molecule has 1 rings (SSSR count). The van der Waals surface area contributed by atoms with E-state index in [2.05, 4.69) is 4.98 Å². The third kappa shape index (κ3) is 5.25. The molecule has 0 bridgehead atoms. The molecule has 0 aromatic carbocycles. The van der Waals surface area contributed by atoms with Crippen molar-refractivity contribution in [2.75, 3.05) is 13.2 Å². The monoisotopic (exact) mass is 252 g/mol. The van der Waals surface area contributed by atoms with Gasteiger partial charge in [0, 0.05) is 12.7 Å². The summed E-state index contributed by atoms with van der Waals surface area (Å²) in [5.74, 6) is -0.448. The third-order valence-electron chi connectivity index (χ3n) is 2.12. The Morgan fingerprint density at radius 2 is 2.06 bits per heavy atom. The summed E-state index contributed by atoms with van der Waals surface area (Å²) in [6, 6.07) is 3.37. The van der Waals surface area contributed by atoms with Crippen LogP contribution < -0.4 is 5.73 Å². The molecular formula is C13H20N2O3. The van der Waals surface area contributed by atoms with Crippen LogP contribution in [0.4, 0.5) is 0 Å². The van der Waals surface area contributed by atoms with Gasteiger partial charge in [-0.1, -0.05) is 6.07 Å². The first-order valence-corrected chi connectivity index (χ1v) is 5.88. The van der Waals surface area contributed by atoms with Crippen LogP contribution in [0.2, 0.25) is 0 Å². The summed E-state index contributed by atoms with van der Waals surface area (Å²) in [4.78, 5) is 15.6. The van der Waals surface area contributed by atoms with Crippen molar-refractivity contribution >= 4 is 5.97 Å². The van der Waals surface area contributed by atoms with Crippen LogP contribution in [0.5, 0.6) is 0 Å². The Labute approximate surface area is 107 Å². The van der Waals surface area contributed by atoms with Gasteiger partial charge in [0.1, 0.15) is 12.3 Å². The fraction of sp³-hybridized carbons (Fsp3) is 0.538. The fourth-order valence-electron chi connectivity index (χ4n) is 1.22. The van der Waals surface area contributed by atoms with E-state index in [4.69, 9.17) is 15.2 Å². The molecule has 5 nitrogen and oxygen atoms in total. The highest BCUT2D eigenvalue weighted by atomic mass is 16.6. The zero-order chi connectivity index (χ0) is 13.6. The lowest BCUT2D eigenvalue weighted by Gasteiger charge is -2.19. The van der Waals surface area contributed by atoms with Gasteiger partial charge < -0.3 is 15.2 Å². The van der Waals surface area contributed by atoms with Crippen LogP contribution >= 0.6 is 0 Å². The van der Waals surface area contributed by atoms with Crippen molar-refractivity contribution in [3.05, 3.63) is 29.6 Å². The minimum Gasteiger partial charge on any atom is -0.459 e. The standard InChI is InChI=1S/C13H20N2O3/c1-13(2,3)18-7-6-17-12(16)11-5-4-10(8-14)9-15-11/h4-5,9H,6-8,14H2,1-3H3. The van der Waals surface area contributed by atoms with Crippen LogP contribution in [0.3, 0.4) is 0 Å². The van der Waals surface area contributed by atoms with E-state index in [1.807, 2.05) is 20.8 Å². The lowest BCUT2D eigenvalue weighted by molar-refractivity contribution is -0.0283. The Morgan fingerprint density at radius 3 is 2.56 bits per heavy atom. The molecule has 18 heavy (non-hydrogen) atoms. The topological polar surface area (TPSA) is 74.4 Å². The van der Waals surface area contributed by atoms with Gasteiger partial charge in [-0.2, -0.15) is 0 Å². The second kappa shape index (κ2) is 6.47. The zero-order valence-electron chi connectivity index (χ0n) is 11.1. The molecule has 0 aliphatic carbocycles. The van der Waals surface area contributed by atoms with E-state index >= 15 is 0 Å². The third-order valence-corrected chi connectivity index (χ3v) is 2.12. The Morgan fingerprint density at radius 1 is 1.33 bits per heavy atom. The van der Waals surface area contributed by atoms with Gasteiger partial charge in [-0.3, -0.25) is 0 Å². The summed E-state index contributed by atoms with van der Waals surface area (Å²) in [6.45, 7) is 6.83. The van der Waals surface area contributed by atoms with E-state index in [1.165, 1.54) is 0 Å². The van der Waals surface area contributed by atoms with Crippen molar-refractivity contribution in [2.24, 2.45) is 5.73 Å². The molecule has 0 fully saturated rings. The predicted molar refractivity (Wildman–Crippen MR) is 68.1 cm³/mol. The molecule has 5 heteroatoms. The minimum atomic E-state index is -0.448. The van der Waals surface area contributed by atoms with Gasteiger partial charge in [0.05, 0.1) is 12.2 Å². The molecule has 1 heterocycles. The molecule has 0 aliphatic rings. The number of hydrogen-bond acceptors (Lipinski definition) is 5. The number of pyridine rings is 1. The Bertz CT molecular complexity index is 382. The van der Waals surface area contributed by atoms with E-state index in [-0.39, 0.29) is 17.9 Å². The summed E-state index contributed by atoms with van der Waals surface area (Å²) >= 11 is 0. The fourth-order valence-corrected chi connectivity index (χ4v) is 1.22. The molecular weight excluding hydrogens is 232 g/mol. The summed E-state index contributed by atoms with van der Waals surface area (Å²) in [7, 11) is 0. The van der Waals surface area contributed by atoms with Gasteiger partial charge in [0.2, 0.25) is 0 Å². The van der Waals surface area contributed by atoms with Crippen LogP contribution in [0.1, 0.15) is 36.8 Å². The van der Waals surface area contributed by atoms with Crippen LogP contribution in [0.15, 0.2) is 18.3 Å². The van der Waals surface area contributed by atoms with Crippen LogP contribution in [0, 0.1) is 0 Å². The van der Waals surface area contributed by atoms with Crippen LogP contribution in [-0.4, -0.2) is 29.8 Å². The first kappa shape index (κ1) is 14.6. The molecule has 0 atom stereocenters. The summed E-state index contributed by atoms with van der Waals surface area (Å²) < 4.78 is 10.5. The van der Waals surface area contributed by atoms with Crippen molar-refractivity contribution in [3.8, 4) is 0 Å². The van der Waals surface area contributed by atoms with Crippen LogP contribution in [0.25, 0.3) is 0 Å². The zero-order valence-corrected chi connectivity index (χ0v) is 11.1. The normalized spacial score (nSPS) is 11.3. The number of ether oxygens (including phenoxy) is 2. The Balaban J connectivity index is 2.36. The van der Waals surface area contributed by atoms with E-state index in [0.29, 0.717) is 13.2 Å². The number of aromatic nitrogens is 1. The molecule has 0 unspecified atom stereocenters. The molecule has 0 aliphatic heterocycles. The van der Waals surface area contributed by atoms with E-state index in [9.17, 15) is 4.79 Å². The SMILES string of the molecule is CC(C)(C)OCCOC(=O)c1ccc(CN)cn1. The number of esters is 1. The first-order chi connectivity index (χ1) is 8.42. The number of nitrogens with zero attached hydrogens (tertiary/aromatic N) is 1. The summed E-state index contributed by atoms with van der Waals surface area (Å²) in [6.07, 6.45) is 1.57. The second-order valence-corrected chi connectivity index (χ2v) is 4.85. The van der Waals surface area contributed by atoms with E-state index in [0.717, 1.165) is 5.56 Å². The lowest BCUT2D eigenvalue weighted by atomic mass is 10.2. The Kier molecular flexibility index (Phi) is 5.25. The molecule has 0 spiro atoms. The molecule has 1 aromatic heterocycles. The predicted octanol–water partition coefficient (Wildman–Crippen LogP) is 1.51. The maximum Gasteiger partial charge on any atom is 0.356 e. The molecule has 0 radical (unpaired) electrons. The van der Waals surface area contributed by atoms with Crippen molar-refractivity contribution in [1.82, 2.24) is 4.98 Å². The molecule has 100 valence electrons. The van der Waals surface area contributed by atoms with Crippen LogP contribution in [-0.2, 0) is 16.0 Å². The van der Waals surface area contributed by atoms with Gasteiger partial charge in [-0.05, 0) is 32.4 Å². The Hall–Kier alpha value is -1.46. The highest BCUT2D eigenvalue weighted by molar-refractivity contribution is 5.87. The van der Waals surface area contributed by atoms with Gasteiger partial charge >= 0.3 is 5.97 Å². The van der Waals surface area contributed by atoms with Crippen molar-refractivity contribution in [1.29, 1.82) is 0 Å². The van der Waals surface area contributed by atoms with Crippen molar-refractivity contribution < 1.29 is 14.3 Å². The second-order valence-electron chi connectivity index (χ2n) is 4.85. The van der Waals surface area contributed by atoms with Gasteiger partial charge in [0.25, 0.3) is 0 Å². The molecule has 0 saturated heterocycles. The quantitative estimate of drug-likeness (QED) is 0.635. The summed E-state index contributed by atoms with van der Waals surface area (Å²) in [5.41, 5.74) is 6.37. The molecule has 2 N–H and O–H groups in total. The van der Waals surface area contributed by atoms with Crippen molar-refractivity contribution in [3.63, 3.8) is 0 Å². The maximum atomic E-state index is 11.6.